The third kappa shape index (κ3) is 5.07. The SMILES string of the molecule is O=C(C=Cc1ccccc1Cl)NCC1CCN(c2ccccn2)CC1. The van der Waals surface area contributed by atoms with Crippen molar-refractivity contribution >= 4 is 29.4 Å². The van der Waals surface area contributed by atoms with Crippen LogP contribution in [0.4, 0.5) is 5.82 Å². The highest BCUT2D eigenvalue weighted by atomic mass is 35.5. The number of hydrogen-bond donors (Lipinski definition) is 1. The number of benzene rings is 1. The molecule has 0 atom stereocenters. The molecule has 25 heavy (non-hydrogen) atoms. The maximum atomic E-state index is 12.0. The number of amides is 1. The molecule has 0 radical (unpaired) electrons. The number of anilines is 1. The molecule has 4 nitrogen and oxygen atoms in total. The van der Waals surface area contributed by atoms with Gasteiger partial charge in [-0.25, -0.2) is 4.98 Å². The van der Waals surface area contributed by atoms with Gasteiger partial charge in [-0.2, -0.15) is 0 Å². The summed E-state index contributed by atoms with van der Waals surface area (Å²) < 4.78 is 0. The molecule has 1 aliphatic rings. The van der Waals surface area contributed by atoms with E-state index in [4.69, 9.17) is 11.6 Å². The maximum absolute atomic E-state index is 12.0. The van der Waals surface area contributed by atoms with Gasteiger partial charge in [0.25, 0.3) is 0 Å². The van der Waals surface area contributed by atoms with Crippen LogP contribution < -0.4 is 10.2 Å². The predicted molar refractivity (Wildman–Crippen MR) is 103 cm³/mol. The van der Waals surface area contributed by atoms with Crippen molar-refractivity contribution in [3.8, 4) is 0 Å². The van der Waals surface area contributed by atoms with E-state index in [0.717, 1.165) is 37.3 Å². The van der Waals surface area contributed by atoms with Gasteiger partial charge in [-0.15, -0.1) is 0 Å². The van der Waals surface area contributed by atoms with Crippen LogP contribution in [0.5, 0.6) is 0 Å². The van der Waals surface area contributed by atoms with Crippen LogP contribution in [0.15, 0.2) is 54.7 Å². The van der Waals surface area contributed by atoms with E-state index in [9.17, 15) is 4.79 Å². The summed E-state index contributed by atoms with van der Waals surface area (Å²) in [5, 5.41) is 3.64. The maximum Gasteiger partial charge on any atom is 0.244 e. The number of rotatable bonds is 5. The molecule has 1 fully saturated rings. The molecule has 1 amide bonds. The number of piperidine rings is 1. The molecule has 3 rings (SSSR count). The Labute approximate surface area is 153 Å². The van der Waals surface area contributed by atoms with Gasteiger partial charge < -0.3 is 10.2 Å². The van der Waals surface area contributed by atoms with Crippen molar-refractivity contribution in [2.24, 2.45) is 5.92 Å². The Hall–Kier alpha value is -2.33. The number of hydrogen-bond acceptors (Lipinski definition) is 3. The summed E-state index contributed by atoms with van der Waals surface area (Å²) >= 11 is 6.08. The smallest absolute Gasteiger partial charge is 0.244 e. The standard InChI is InChI=1S/C20H22ClN3O/c21-18-6-2-1-5-17(18)8-9-20(25)23-15-16-10-13-24(14-11-16)19-7-3-4-12-22-19/h1-9,12,16H,10-11,13-15H2,(H,23,25). The van der Waals surface area contributed by atoms with Gasteiger partial charge in [-0.1, -0.05) is 35.9 Å². The molecule has 0 bridgehead atoms. The van der Waals surface area contributed by atoms with Crippen LogP contribution in [0.1, 0.15) is 18.4 Å². The van der Waals surface area contributed by atoms with Crippen molar-refractivity contribution in [2.45, 2.75) is 12.8 Å². The lowest BCUT2D eigenvalue weighted by atomic mass is 9.97. The summed E-state index contributed by atoms with van der Waals surface area (Å²) in [5.41, 5.74) is 0.850. The second kappa shape index (κ2) is 8.67. The molecule has 0 saturated carbocycles. The topological polar surface area (TPSA) is 45.2 Å². The lowest BCUT2D eigenvalue weighted by Crippen LogP contribution is -2.38. The molecular formula is C20H22ClN3O. The van der Waals surface area contributed by atoms with Gasteiger partial charge in [0.1, 0.15) is 5.82 Å². The molecule has 1 aromatic carbocycles. The zero-order chi connectivity index (χ0) is 17.5. The van der Waals surface area contributed by atoms with Gasteiger partial charge in [0.2, 0.25) is 5.91 Å². The molecule has 2 aromatic rings. The number of pyridine rings is 1. The molecule has 5 heteroatoms. The summed E-state index contributed by atoms with van der Waals surface area (Å²) in [6.45, 7) is 2.67. The van der Waals surface area contributed by atoms with Crippen LogP contribution in [-0.4, -0.2) is 30.5 Å². The molecular weight excluding hydrogens is 334 g/mol. The number of nitrogens with one attached hydrogen (secondary N) is 1. The summed E-state index contributed by atoms with van der Waals surface area (Å²) in [4.78, 5) is 18.7. The minimum Gasteiger partial charge on any atom is -0.357 e. The highest BCUT2D eigenvalue weighted by Crippen LogP contribution is 2.21. The number of carbonyl (C=O) groups excluding carboxylic acids is 1. The normalized spacial score (nSPS) is 15.5. The number of nitrogens with zero attached hydrogens (tertiary/aromatic N) is 2. The minimum absolute atomic E-state index is 0.0768. The Morgan fingerprint density at radius 2 is 1.96 bits per heavy atom. The van der Waals surface area contributed by atoms with Crippen molar-refractivity contribution in [1.82, 2.24) is 10.3 Å². The van der Waals surface area contributed by atoms with E-state index in [0.29, 0.717) is 17.5 Å². The van der Waals surface area contributed by atoms with E-state index in [1.807, 2.05) is 48.7 Å². The van der Waals surface area contributed by atoms with Crippen LogP contribution in [0.2, 0.25) is 5.02 Å². The monoisotopic (exact) mass is 355 g/mol. The quantitative estimate of drug-likeness (QED) is 0.830. The van der Waals surface area contributed by atoms with Gasteiger partial charge in [0, 0.05) is 36.9 Å². The largest absolute Gasteiger partial charge is 0.357 e. The van der Waals surface area contributed by atoms with Crippen LogP contribution in [-0.2, 0) is 4.79 Å². The first-order chi connectivity index (χ1) is 12.2. The van der Waals surface area contributed by atoms with Gasteiger partial charge >= 0.3 is 0 Å². The lowest BCUT2D eigenvalue weighted by molar-refractivity contribution is -0.116. The molecule has 0 aliphatic carbocycles. The molecule has 0 spiro atoms. The van der Waals surface area contributed by atoms with E-state index in [2.05, 4.69) is 15.2 Å². The van der Waals surface area contributed by atoms with E-state index in [1.165, 1.54) is 0 Å². The Morgan fingerprint density at radius 1 is 1.20 bits per heavy atom. The van der Waals surface area contributed by atoms with Gasteiger partial charge in [0.15, 0.2) is 0 Å². The molecule has 1 N–H and O–H groups in total. The van der Waals surface area contributed by atoms with Crippen molar-refractivity contribution in [3.63, 3.8) is 0 Å². The second-order valence-electron chi connectivity index (χ2n) is 6.22. The van der Waals surface area contributed by atoms with Crippen molar-refractivity contribution in [3.05, 3.63) is 65.3 Å². The zero-order valence-electron chi connectivity index (χ0n) is 14.1. The van der Waals surface area contributed by atoms with Gasteiger partial charge in [-0.05, 0) is 48.6 Å². The Bertz CT molecular complexity index is 725. The first-order valence-corrected chi connectivity index (χ1v) is 8.96. The average molecular weight is 356 g/mol. The Morgan fingerprint density at radius 3 is 2.68 bits per heavy atom. The highest BCUT2D eigenvalue weighted by molar-refractivity contribution is 6.32. The van der Waals surface area contributed by atoms with Gasteiger partial charge in [-0.3, -0.25) is 4.79 Å². The summed E-state index contributed by atoms with van der Waals surface area (Å²) in [5.74, 6) is 1.47. The highest BCUT2D eigenvalue weighted by Gasteiger charge is 2.20. The third-order valence-corrected chi connectivity index (χ3v) is 4.82. The number of aromatic nitrogens is 1. The zero-order valence-corrected chi connectivity index (χ0v) is 14.8. The minimum atomic E-state index is -0.0768. The fourth-order valence-corrected chi connectivity index (χ4v) is 3.19. The Kier molecular flexibility index (Phi) is 6.07. The van der Waals surface area contributed by atoms with E-state index in [-0.39, 0.29) is 5.91 Å². The van der Waals surface area contributed by atoms with Crippen molar-refractivity contribution < 1.29 is 4.79 Å². The lowest BCUT2D eigenvalue weighted by Gasteiger charge is -2.32. The molecule has 1 aliphatic heterocycles. The fraction of sp³-hybridized carbons (Fsp3) is 0.300. The van der Waals surface area contributed by atoms with Crippen LogP contribution in [0.3, 0.4) is 0 Å². The van der Waals surface area contributed by atoms with E-state index in [1.54, 1.807) is 12.2 Å². The fourth-order valence-electron chi connectivity index (χ4n) is 2.99. The first-order valence-electron chi connectivity index (χ1n) is 8.59. The van der Waals surface area contributed by atoms with E-state index < -0.39 is 0 Å². The van der Waals surface area contributed by atoms with Crippen molar-refractivity contribution in [1.29, 1.82) is 0 Å². The summed E-state index contributed by atoms with van der Waals surface area (Å²) in [6, 6.07) is 13.5. The molecule has 0 unspecified atom stereocenters. The average Bonchev–Trinajstić information content (AvgIpc) is 2.67. The summed E-state index contributed by atoms with van der Waals surface area (Å²) in [7, 11) is 0. The van der Waals surface area contributed by atoms with Crippen LogP contribution in [0, 0.1) is 5.92 Å². The second-order valence-corrected chi connectivity index (χ2v) is 6.63. The molecule has 2 heterocycles. The third-order valence-electron chi connectivity index (χ3n) is 4.47. The van der Waals surface area contributed by atoms with Gasteiger partial charge in [0.05, 0.1) is 0 Å². The molecule has 130 valence electrons. The number of halogens is 1. The van der Waals surface area contributed by atoms with Crippen molar-refractivity contribution in [2.75, 3.05) is 24.5 Å². The molecule has 1 aromatic heterocycles. The Balaban J connectivity index is 1.42. The molecule has 1 saturated heterocycles. The van der Waals surface area contributed by atoms with Crippen LogP contribution in [0.25, 0.3) is 6.08 Å². The van der Waals surface area contributed by atoms with E-state index >= 15 is 0 Å². The number of carbonyl (C=O) groups is 1. The predicted octanol–water partition coefficient (Wildman–Crippen LogP) is 3.78. The first kappa shape index (κ1) is 17.5. The summed E-state index contributed by atoms with van der Waals surface area (Å²) in [6.07, 6.45) is 7.24. The van der Waals surface area contributed by atoms with Crippen LogP contribution >= 0.6 is 11.6 Å².